The van der Waals surface area contributed by atoms with Crippen LogP contribution >= 0.6 is 11.3 Å². The number of pyridine rings is 1. The molecule has 0 fully saturated rings. The van der Waals surface area contributed by atoms with Crippen LogP contribution in [0.2, 0.25) is 0 Å². The third-order valence-corrected chi connectivity index (χ3v) is 6.78. The normalized spacial score (nSPS) is 12.1. The summed E-state index contributed by atoms with van der Waals surface area (Å²) in [4.78, 5) is 33.6. The predicted octanol–water partition coefficient (Wildman–Crippen LogP) is 3.63. The zero-order valence-corrected chi connectivity index (χ0v) is 20.5. The van der Waals surface area contributed by atoms with Gasteiger partial charge in [-0.2, -0.15) is 5.10 Å². The number of hydrogen-bond acceptors (Lipinski definition) is 7. The van der Waals surface area contributed by atoms with Crippen molar-refractivity contribution in [1.29, 1.82) is 0 Å². The van der Waals surface area contributed by atoms with E-state index in [1.807, 2.05) is 12.1 Å². The van der Waals surface area contributed by atoms with Crippen LogP contribution in [-0.2, 0) is 22.4 Å². The van der Waals surface area contributed by atoms with Crippen LogP contribution in [0.15, 0.2) is 42.7 Å². The summed E-state index contributed by atoms with van der Waals surface area (Å²) in [6.07, 6.45) is 4.73. The number of anilines is 1. The maximum atomic E-state index is 15.5. The number of aromatic nitrogens is 4. The fourth-order valence-electron chi connectivity index (χ4n) is 4.17. The Morgan fingerprint density at radius 1 is 1.25 bits per heavy atom. The van der Waals surface area contributed by atoms with Crippen molar-refractivity contribution < 1.29 is 18.7 Å². The highest BCUT2D eigenvalue weighted by molar-refractivity contribution is 7.19. The van der Waals surface area contributed by atoms with Gasteiger partial charge in [0.2, 0.25) is 5.91 Å². The fourth-order valence-corrected chi connectivity index (χ4v) is 5.29. The summed E-state index contributed by atoms with van der Waals surface area (Å²) in [6, 6.07) is 8.06. The molecule has 4 aromatic rings. The molecule has 0 aliphatic heterocycles. The lowest BCUT2D eigenvalue weighted by Gasteiger charge is -2.15. The molecule has 1 aromatic carbocycles. The van der Waals surface area contributed by atoms with Gasteiger partial charge in [-0.05, 0) is 43.2 Å². The predicted molar refractivity (Wildman–Crippen MR) is 134 cm³/mol. The number of ether oxygens (including phenoxy) is 1. The number of aryl methyl sites for hydroxylation is 1. The van der Waals surface area contributed by atoms with Crippen LogP contribution in [0.25, 0.3) is 27.5 Å². The molecule has 2 amide bonds. The molecular formula is C25H23FN6O3S. The summed E-state index contributed by atoms with van der Waals surface area (Å²) in [7, 11) is 1.54. The number of halogens is 1. The first kappa shape index (κ1) is 23.8. The van der Waals surface area contributed by atoms with Gasteiger partial charge in [-0.3, -0.25) is 14.6 Å². The number of methoxy groups -OCH3 is 1. The Labute approximate surface area is 210 Å². The topological polar surface area (TPSA) is 111 Å². The average Bonchev–Trinajstić information content (AvgIpc) is 3.45. The minimum atomic E-state index is -0.587. The minimum absolute atomic E-state index is 0.201. The Kier molecular flexibility index (Phi) is 6.57. The van der Waals surface area contributed by atoms with Gasteiger partial charge in [-0.25, -0.2) is 14.1 Å². The van der Waals surface area contributed by atoms with Gasteiger partial charge < -0.3 is 15.4 Å². The highest BCUT2D eigenvalue weighted by Crippen LogP contribution is 2.44. The van der Waals surface area contributed by atoms with Gasteiger partial charge in [-0.1, -0.05) is 11.3 Å². The number of carbonyl (C=O) groups is 2. The van der Waals surface area contributed by atoms with Gasteiger partial charge in [0, 0.05) is 49.7 Å². The van der Waals surface area contributed by atoms with Gasteiger partial charge in [-0.15, -0.1) is 0 Å². The number of rotatable bonds is 7. The van der Waals surface area contributed by atoms with E-state index in [9.17, 15) is 9.59 Å². The molecular weight excluding hydrogens is 483 g/mol. The first-order chi connectivity index (χ1) is 17.5. The van der Waals surface area contributed by atoms with Crippen LogP contribution in [0.1, 0.15) is 28.5 Å². The molecule has 184 valence electrons. The van der Waals surface area contributed by atoms with E-state index in [2.05, 4.69) is 20.6 Å². The maximum Gasteiger partial charge on any atom is 0.251 e. The molecule has 0 saturated heterocycles. The smallest absolute Gasteiger partial charge is 0.251 e. The van der Waals surface area contributed by atoms with Crippen molar-refractivity contribution in [3.63, 3.8) is 0 Å². The third kappa shape index (κ3) is 4.50. The van der Waals surface area contributed by atoms with Crippen molar-refractivity contribution in [2.24, 2.45) is 0 Å². The van der Waals surface area contributed by atoms with Crippen LogP contribution in [0.5, 0.6) is 0 Å². The fraction of sp³-hybridized carbons (Fsp3) is 0.240. The molecule has 3 heterocycles. The minimum Gasteiger partial charge on any atom is -0.383 e. The first-order valence-corrected chi connectivity index (χ1v) is 12.1. The van der Waals surface area contributed by atoms with Crippen LogP contribution in [0.4, 0.5) is 9.52 Å². The quantitative estimate of drug-likeness (QED) is 0.371. The number of fused-ring (bicyclic) bond motifs is 3. The number of benzene rings is 1. The van der Waals surface area contributed by atoms with E-state index >= 15 is 4.39 Å². The first-order valence-electron chi connectivity index (χ1n) is 11.3. The van der Waals surface area contributed by atoms with Gasteiger partial charge in [0.05, 0.1) is 28.6 Å². The van der Waals surface area contributed by atoms with Crippen molar-refractivity contribution >= 4 is 28.3 Å². The van der Waals surface area contributed by atoms with Crippen LogP contribution in [0, 0.1) is 5.82 Å². The maximum absolute atomic E-state index is 15.5. The molecule has 9 nitrogen and oxygen atoms in total. The van der Waals surface area contributed by atoms with Gasteiger partial charge in [0.15, 0.2) is 5.13 Å². The standard InChI is InChI=1S/C25H23FN6O3S/c1-14(33)29-25-30-19-7-6-17-21(16-4-3-9-27-13-16)31-32(22(17)23(19)36-25)20-8-5-15(12-18(20)26)24(34)28-10-11-35-2/h3-5,8-9,12-13H,6-7,10-11H2,1-2H3,(H,28,34)(H,29,30,33). The molecule has 36 heavy (non-hydrogen) atoms. The molecule has 3 aromatic heterocycles. The van der Waals surface area contributed by atoms with Crippen LogP contribution in [-0.4, -0.2) is 51.8 Å². The molecule has 0 atom stereocenters. The molecule has 1 aliphatic carbocycles. The van der Waals surface area contributed by atoms with Crippen molar-refractivity contribution in [2.45, 2.75) is 19.8 Å². The van der Waals surface area contributed by atoms with Crippen LogP contribution in [0.3, 0.4) is 0 Å². The van der Waals surface area contributed by atoms with E-state index in [-0.39, 0.29) is 23.1 Å². The Balaban J connectivity index is 1.62. The second-order valence-electron chi connectivity index (χ2n) is 8.22. The van der Waals surface area contributed by atoms with Gasteiger partial charge >= 0.3 is 0 Å². The Hall–Kier alpha value is -3.96. The lowest BCUT2D eigenvalue weighted by molar-refractivity contribution is -0.114. The monoisotopic (exact) mass is 506 g/mol. The SMILES string of the molecule is COCCNC(=O)c1ccc(-n2nc(-c3cccnc3)c3c2-c2sc(NC(C)=O)nc2CC3)c(F)c1. The second-order valence-corrected chi connectivity index (χ2v) is 9.22. The number of nitrogens with zero attached hydrogens (tertiary/aromatic N) is 4. The Bertz CT molecular complexity index is 1450. The summed E-state index contributed by atoms with van der Waals surface area (Å²) in [5.74, 6) is -1.19. The summed E-state index contributed by atoms with van der Waals surface area (Å²) in [5.41, 5.74) is 4.43. The number of carbonyl (C=O) groups excluding carboxylic acids is 2. The van der Waals surface area contributed by atoms with E-state index in [0.29, 0.717) is 36.8 Å². The molecule has 0 saturated carbocycles. The second kappa shape index (κ2) is 9.96. The Morgan fingerprint density at radius 3 is 2.83 bits per heavy atom. The highest BCUT2D eigenvalue weighted by Gasteiger charge is 2.30. The van der Waals surface area contributed by atoms with Crippen LogP contribution < -0.4 is 10.6 Å². The largest absolute Gasteiger partial charge is 0.383 e. The molecule has 2 N–H and O–H groups in total. The molecule has 11 heteroatoms. The van der Waals surface area contributed by atoms with Crippen molar-refractivity contribution in [3.8, 4) is 27.5 Å². The van der Waals surface area contributed by atoms with E-state index in [0.717, 1.165) is 27.4 Å². The van der Waals surface area contributed by atoms with E-state index in [4.69, 9.17) is 9.84 Å². The summed E-state index contributed by atoms with van der Waals surface area (Å²) in [6.45, 7) is 2.12. The van der Waals surface area contributed by atoms with Gasteiger partial charge in [0.25, 0.3) is 5.91 Å². The van der Waals surface area contributed by atoms with E-state index in [1.165, 1.54) is 24.3 Å². The zero-order valence-electron chi connectivity index (χ0n) is 19.7. The molecule has 5 rings (SSSR count). The molecule has 0 unspecified atom stereocenters. The van der Waals surface area contributed by atoms with Crippen molar-refractivity contribution in [2.75, 3.05) is 25.6 Å². The molecule has 0 bridgehead atoms. The highest BCUT2D eigenvalue weighted by atomic mass is 32.1. The molecule has 1 aliphatic rings. The average molecular weight is 507 g/mol. The number of amides is 2. The number of thiazole rings is 1. The van der Waals surface area contributed by atoms with Crippen molar-refractivity contribution in [1.82, 2.24) is 25.1 Å². The number of hydrogen-bond donors (Lipinski definition) is 2. The lowest BCUT2D eigenvalue weighted by Crippen LogP contribution is -2.27. The summed E-state index contributed by atoms with van der Waals surface area (Å²) >= 11 is 1.33. The summed E-state index contributed by atoms with van der Waals surface area (Å²) in [5, 5.41) is 10.7. The van der Waals surface area contributed by atoms with Crippen molar-refractivity contribution in [3.05, 3.63) is 65.4 Å². The van der Waals surface area contributed by atoms with E-state index in [1.54, 1.807) is 36.3 Å². The molecule has 0 spiro atoms. The summed E-state index contributed by atoms with van der Waals surface area (Å²) < 4.78 is 22.0. The van der Waals surface area contributed by atoms with E-state index < -0.39 is 5.82 Å². The third-order valence-electron chi connectivity index (χ3n) is 5.76. The zero-order chi connectivity index (χ0) is 25.2. The van der Waals surface area contributed by atoms with Gasteiger partial charge in [0.1, 0.15) is 11.5 Å². The Morgan fingerprint density at radius 2 is 2.11 bits per heavy atom. The lowest BCUT2D eigenvalue weighted by atomic mass is 9.95. The number of nitrogens with one attached hydrogen (secondary N) is 2. The molecule has 0 radical (unpaired) electrons.